The second kappa shape index (κ2) is 2.99. The third kappa shape index (κ3) is 1.22. The predicted molar refractivity (Wildman–Crippen MR) is 51.0 cm³/mol. The summed E-state index contributed by atoms with van der Waals surface area (Å²) in [5.74, 6) is 1.28. The lowest BCUT2D eigenvalue weighted by Gasteiger charge is -2.05. The van der Waals surface area contributed by atoms with Crippen LogP contribution in [0.25, 0.3) is 0 Å². The Morgan fingerprint density at radius 3 is 3.00 bits per heavy atom. The van der Waals surface area contributed by atoms with Crippen LogP contribution in [-0.2, 0) is 0 Å². The number of rotatable bonds is 2. The topological polar surface area (TPSA) is 66.9 Å². The van der Waals surface area contributed by atoms with Gasteiger partial charge in [0, 0.05) is 19.1 Å². The smallest absolute Gasteiger partial charge is 0.264 e. The Hall–Kier alpha value is -1.01. The predicted octanol–water partition coefficient (Wildman–Crippen LogP) is -0.514. The summed E-state index contributed by atoms with van der Waals surface area (Å²) in [6.07, 6.45) is 1.51. The molecule has 5 nitrogen and oxygen atoms in total. The number of carbonyl (C=O) groups excluding carboxylic acids is 1. The molecule has 1 aromatic heterocycles. The number of fused-ring (bicyclic) bond motifs is 1. The maximum atomic E-state index is 11.6. The molecule has 3 rings (SSSR count). The Balaban J connectivity index is 1.61. The fourth-order valence-corrected chi connectivity index (χ4v) is 2.54. The summed E-state index contributed by atoms with van der Waals surface area (Å²) in [6.45, 7) is 2.08. The number of aromatic nitrogens is 2. The maximum Gasteiger partial charge on any atom is 0.264 e. The van der Waals surface area contributed by atoms with Gasteiger partial charge in [-0.3, -0.25) is 4.79 Å². The second-order valence-corrected chi connectivity index (χ2v) is 4.55. The Morgan fingerprint density at radius 2 is 2.36 bits per heavy atom. The van der Waals surface area contributed by atoms with E-state index in [0.29, 0.717) is 22.8 Å². The third-order valence-corrected chi connectivity index (χ3v) is 3.64. The number of hydrogen-bond acceptors (Lipinski definition) is 5. The molecule has 74 valence electrons. The quantitative estimate of drug-likeness (QED) is 0.689. The summed E-state index contributed by atoms with van der Waals surface area (Å²) in [7, 11) is 0. The molecule has 0 bridgehead atoms. The van der Waals surface area contributed by atoms with E-state index in [4.69, 9.17) is 0 Å². The molecule has 3 atom stereocenters. The normalized spacial score (nSPS) is 33.9. The van der Waals surface area contributed by atoms with Gasteiger partial charge < -0.3 is 10.6 Å². The van der Waals surface area contributed by atoms with Gasteiger partial charge in [-0.15, -0.1) is 5.10 Å². The van der Waals surface area contributed by atoms with Gasteiger partial charge >= 0.3 is 0 Å². The van der Waals surface area contributed by atoms with E-state index in [0.717, 1.165) is 24.6 Å². The minimum absolute atomic E-state index is 0.0283. The summed E-state index contributed by atoms with van der Waals surface area (Å²) in [6, 6.07) is 0.380. The highest BCUT2D eigenvalue weighted by atomic mass is 32.1. The van der Waals surface area contributed by atoms with Crippen LogP contribution >= 0.6 is 11.5 Å². The first kappa shape index (κ1) is 8.31. The fraction of sp³-hybridized carbons (Fsp3) is 0.625. The van der Waals surface area contributed by atoms with Crippen molar-refractivity contribution in [3.05, 3.63) is 11.1 Å². The fourth-order valence-electron chi connectivity index (χ4n) is 2.12. The van der Waals surface area contributed by atoms with E-state index in [-0.39, 0.29) is 5.91 Å². The van der Waals surface area contributed by atoms with Gasteiger partial charge in [0.2, 0.25) is 0 Å². The lowest BCUT2D eigenvalue weighted by atomic mass is 10.4. The highest BCUT2D eigenvalue weighted by molar-refractivity contribution is 7.07. The molecule has 2 heterocycles. The lowest BCUT2D eigenvalue weighted by molar-refractivity contribution is 0.0950. The van der Waals surface area contributed by atoms with Crippen LogP contribution in [0.3, 0.4) is 0 Å². The van der Waals surface area contributed by atoms with Gasteiger partial charge in [-0.1, -0.05) is 4.49 Å². The Bertz CT molecular complexity index is 342. The Labute approximate surface area is 85.1 Å². The molecule has 14 heavy (non-hydrogen) atoms. The molecular formula is C8H10N4OS. The molecule has 0 aromatic carbocycles. The number of piperidine rings is 1. The van der Waals surface area contributed by atoms with Gasteiger partial charge in [-0.2, -0.15) is 0 Å². The van der Waals surface area contributed by atoms with Crippen LogP contribution in [0.2, 0.25) is 0 Å². The molecule has 1 unspecified atom stereocenters. The van der Waals surface area contributed by atoms with Gasteiger partial charge in [0.05, 0.1) is 6.20 Å². The van der Waals surface area contributed by atoms with Crippen molar-refractivity contribution in [1.29, 1.82) is 0 Å². The molecular weight excluding hydrogens is 200 g/mol. The summed E-state index contributed by atoms with van der Waals surface area (Å²) in [4.78, 5) is 12.2. The molecule has 1 saturated heterocycles. The zero-order chi connectivity index (χ0) is 9.54. The first-order chi connectivity index (χ1) is 6.86. The molecule has 2 N–H and O–H groups in total. The van der Waals surface area contributed by atoms with E-state index in [1.807, 2.05) is 0 Å². The van der Waals surface area contributed by atoms with Crippen molar-refractivity contribution in [2.24, 2.45) is 11.8 Å². The van der Waals surface area contributed by atoms with Crippen molar-refractivity contribution in [2.75, 3.05) is 13.1 Å². The van der Waals surface area contributed by atoms with Gasteiger partial charge in [-0.05, 0) is 23.4 Å². The molecule has 2 fully saturated rings. The molecule has 1 aliphatic carbocycles. The molecule has 1 saturated carbocycles. The van der Waals surface area contributed by atoms with Crippen molar-refractivity contribution in [2.45, 2.75) is 6.04 Å². The number of nitrogens with zero attached hydrogens (tertiary/aromatic N) is 2. The van der Waals surface area contributed by atoms with Crippen LogP contribution in [0.1, 0.15) is 9.67 Å². The standard InChI is InChI=1S/C8H10N4OS/c13-8(6-3-10-12-14-6)11-7-4-1-9-2-5(4)7/h3-5,7,9H,1-2H2,(H,11,13)/t4-,5+,7?. The van der Waals surface area contributed by atoms with E-state index in [2.05, 4.69) is 20.2 Å². The summed E-state index contributed by atoms with van der Waals surface area (Å²) in [5, 5.41) is 9.93. The first-order valence-corrected chi connectivity index (χ1v) is 5.42. The zero-order valence-corrected chi connectivity index (χ0v) is 8.25. The van der Waals surface area contributed by atoms with Crippen LogP contribution in [0.15, 0.2) is 6.20 Å². The van der Waals surface area contributed by atoms with E-state index in [1.165, 1.54) is 6.20 Å². The Morgan fingerprint density at radius 1 is 1.57 bits per heavy atom. The van der Waals surface area contributed by atoms with Crippen LogP contribution in [-0.4, -0.2) is 34.6 Å². The minimum atomic E-state index is -0.0283. The van der Waals surface area contributed by atoms with Crippen LogP contribution in [0.4, 0.5) is 0 Å². The highest BCUT2D eigenvalue weighted by Crippen LogP contribution is 2.41. The van der Waals surface area contributed by atoms with Crippen molar-refractivity contribution >= 4 is 17.4 Å². The Kier molecular flexibility index (Phi) is 1.78. The van der Waals surface area contributed by atoms with Crippen molar-refractivity contribution in [3.63, 3.8) is 0 Å². The van der Waals surface area contributed by atoms with Crippen molar-refractivity contribution < 1.29 is 4.79 Å². The first-order valence-electron chi connectivity index (χ1n) is 4.65. The van der Waals surface area contributed by atoms with Crippen molar-refractivity contribution in [1.82, 2.24) is 20.2 Å². The van der Waals surface area contributed by atoms with E-state index in [9.17, 15) is 4.79 Å². The molecule has 0 spiro atoms. The number of carbonyl (C=O) groups is 1. The molecule has 2 aliphatic rings. The summed E-state index contributed by atoms with van der Waals surface area (Å²) >= 11 is 1.14. The summed E-state index contributed by atoms with van der Waals surface area (Å²) < 4.78 is 3.66. The van der Waals surface area contributed by atoms with Crippen molar-refractivity contribution in [3.8, 4) is 0 Å². The van der Waals surface area contributed by atoms with E-state index in [1.54, 1.807) is 0 Å². The number of nitrogens with one attached hydrogen (secondary N) is 2. The van der Waals surface area contributed by atoms with Crippen LogP contribution in [0, 0.1) is 11.8 Å². The van der Waals surface area contributed by atoms with Gasteiger partial charge in [0.15, 0.2) is 0 Å². The summed E-state index contributed by atoms with van der Waals surface area (Å²) in [5.41, 5.74) is 0. The average molecular weight is 210 g/mol. The van der Waals surface area contributed by atoms with Crippen LogP contribution < -0.4 is 10.6 Å². The average Bonchev–Trinajstić information content (AvgIpc) is 2.75. The zero-order valence-electron chi connectivity index (χ0n) is 7.43. The van der Waals surface area contributed by atoms with Crippen LogP contribution in [0.5, 0.6) is 0 Å². The SMILES string of the molecule is O=C(NC1[C@H]2CNC[C@@H]12)c1cnns1. The molecule has 1 aromatic rings. The highest BCUT2D eigenvalue weighted by Gasteiger charge is 2.53. The number of amides is 1. The van der Waals surface area contributed by atoms with E-state index < -0.39 is 0 Å². The van der Waals surface area contributed by atoms with Gasteiger partial charge in [0.25, 0.3) is 5.91 Å². The second-order valence-electron chi connectivity index (χ2n) is 3.77. The monoisotopic (exact) mass is 210 g/mol. The molecule has 6 heteroatoms. The maximum absolute atomic E-state index is 11.6. The molecule has 0 radical (unpaired) electrons. The van der Waals surface area contributed by atoms with E-state index >= 15 is 0 Å². The molecule has 1 amide bonds. The molecule has 1 aliphatic heterocycles. The largest absolute Gasteiger partial charge is 0.348 e. The minimum Gasteiger partial charge on any atom is -0.348 e. The number of hydrogen-bond donors (Lipinski definition) is 2. The third-order valence-electron chi connectivity index (χ3n) is 2.97. The van der Waals surface area contributed by atoms with Gasteiger partial charge in [0.1, 0.15) is 4.88 Å². The van der Waals surface area contributed by atoms with Gasteiger partial charge in [-0.25, -0.2) is 0 Å². The lowest BCUT2D eigenvalue weighted by Crippen LogP contribution is -2.32.